The minimum absolute atomic E-state index is 0.119. The van der Waals surface area contributed by atoms with Crippen LogP contribution in [-0.4, -0.2) is 20.4 Å². The number of aryl methyl sites for hydroxylation is 1. The molecule has 1 amide bonds. The highest BCUT2D eigenvalue weighted by atomic mass is 35.5. The van der Waals surface area contributed by atoms with E-state index in [1.54, 1.807) is 25.1 Å². The molecule has 2 fully saturated rings. The third-order valence-corrected chi connectivity index (χ3v) is 7.56. The largest absolute Gasteiger partial charge is 0.349 e. The van der Waals surface area contributed by atoms with Crippen molar-refractivity contribution in [2.75, 3.05) is 4.72 Å². The zero-order valence-corrected chi connectivity index (χ0v) is 17.2. The van der Waals surface area contributed by atoms with E-state index in [-0.39, 0.29) is 16.8 Å². The number of rotatable bonds is 5. The van der Waals surface area contributed by atoms with Crippen LogP contribution < -0.4 is 10.0 Å². The Morgan fingerprint density at radius 1 is 1.07 bits per heavy atom. The van der Waals surface area contributed by atoms with Crippen molar-refractivity contribution in [3.05, 3.63) is 58.6 Å². The summed E-state index contributed by atoms with van der Waals surface area (Å²) >= 11 is 5.84. The number of sulfonamides is 1. The Bertz CT molecular complexity index is 1000. The summed E-state index contributed by atoms with van der Waals surface area (Å²) in [7, 11) is -3.76. The Hall–Kier alpha value is -2.05. The first kappa shape index (κ1) is 19.3. The molecule has 2 N–H and O–H groups in total. The zero-order valence-electron chi connectivity index (χ0n) is 15.6. The molecule has 2 bridgehead atoms. The van der Waals surface area contributed by atoms with Gasteiger partial charge in [-0.25, -0.2) is 8.42 Å². The number of benzene rings is 2. The number of carbonyl (C=O) groups excluding carboxylic acids is 1. The molecule has 2 aliphatic rings. The summed E-state index contributed by atoms with van der Waals surface area (Å²) in [4.78, 5) is 12.8. The molecule has 0 heterocycles. The molecule has 2 saturated carbocycles. The van der Waals surface area contributed by atoms with Gasteiger partial charge in [0.2, 0.25) is 0 Å². The molecule has 2 aromatic carbocycles. The maximum atomic E-state index is 12.7. The molecule has 0 spiro atoms. The summed E-state index contributed by atoms with van der Waals surface area (Å²) in [6.45, 7) is 1.80. The SMILES string of the molecule is Cc1ccc(C(=O)N[C@@H]2CC3CCC2C3)cc1NS(=O)(=O)c1ccc(Cl)cc1. The first-order valence-electron chi connectivity index (χ1n) is 9.52. The zero-order chi connectivity index (χ0) is 19.9. The molecule has 0 aliphatic heterocycles. The van der Waals surface area contributed by atoms with E-state index in [1.165, 1.54) is 43.5 Å². The third kappa shape index (κ3) is 3.89. The van der Waals surface area contributed by atoms with Gasteiger partial charge in [-0.1, -0.05) is 24.1 Å². The molecule has 0 aromatic heterocycles. The molecule has 7 heteroatoms. The van der Waals surface area contributed by atoms with E-state index in [0.717, 1.165) is 17.9 Å². The van der Waals surface area contributed by atoms with Gasteiger partial charge in [-0.15, -0.1) is 0 Å². The van der Waals surface area contributed by atoms with Gasteiger partial charge < -0.3 is 5.32 Å². The van der Waals surface area contributed by atoms with Gasteiger partial charge in [-0.2, -0.15) is 0 Å². The number of halogens is 1. The number of hydrogen-bond donors (Lipinski definition) is 2. The van der Waals surface area contributed by atoms with Crippen LogP contribution in [0.2, 0.25) is 5.02 Å². The van der Waals surface area contributed by atoms with Crippen molar-refractivity contribution in [2.24, 2.45) is 11.8 Å². The van der Waals surface area contributed by atoms with Crippen LogP contribution in [-0.2, 0) is 10.0 Å². The van der Waals surface area contributed by atoms with Crippen LogP contribution in [0.4, 0.5) is 5.69 Å². The second kappa shape index (κ2) is 7.41. The number of nitrogens with one attached hydrogen (secondary N) is 2. The molecule has 3 atom stereocenters. The van der Waals surface area contributed by atoms with Crippen LogP contribution >= 0.6 is 11.6 Å². The molecular weight excluding hydrogens is 396 g/mol. The number of amides is 1. The lowest BCUT2D eigenvalue weighted by Crippen LogP contribution is -2.38. The van der Waals surface area contributed by atoms with Crippen molar-refractivity contribution in [3.8, 4) is 0 Å². The monoisotopic (exact) mass is 418 g/mol. The lowest BCUT2D eigenvalue weighted by Gasteiger charge is -2.23. The van der Waals surface area contributed by atoms with Crippen molar-refractivity contribution >= 4 is 33.2 Å². The van der Waals surface area contributed by atoms with Gasteiger partial charge in [0.25, 0.3) is 15.9 Å². The average Bonchev–Trinajstić information content (AvgIpc) is 3.26. The molecular formula is C21H23ClN2O3S. The molecule has 28 heavy (non-hydrogen) atoms. The smallest absolute Gasteiger partial charge is 0.261 e. The van der Waals surface area contributed by atoms with Gasteiger partial charge >= 0.3 is 0 Å². The van der Waals surface area contributed by atoms with Gasteiger partial charge in [0, 0.05) is 16.6 Å². The summed E-state index contributed by atoms with van der Waals surface area (Å²) in [6, 6.07) is 11.3. The minimum atomic E-state index is -3.76. The van der Waals surface area contributed by atoms with E-state index in [2.05, 4.69) is 10.0 Å². The van der Waals surface area contributed by atoms with Crippen LogP contribution in [0.1, 0.15) is 41.6 Å². The molecule has 0 saturated heterocycles. The Balaban J connectivity index is 1.52. The number of anilines is 1. The second-order valence-electron chi connectivity index (χ2n) is 7.84. The van der Waals surface area contributed by atoms with E-state index < -0.39 is 10.0 Å². The van der Waals surface area contributed by atoms with Crippen LogP contribution in [0, 0.1) is 18.8 Å². The predicted molar refractivity (Wildman–Crippen MR) is 110 cm³/mol. The standard InChI is InChI=1S/C21H23ClN2O3S/c1-13-2-4-16(21(25)23-20-11-14-3-5-15(20)10-14)12-19(13)24-28(26,27)18-8-6-17(22)7-9-18/h2,4,6-9,12,14-15,20,24H,3,5,10-11H2,1H3,(H,23,25)/t14?,15?,20-/m1/s1. The second-order valence-corrected chi connectivity index (χ2v) is 9.96. The molecule has 5 nitrogen and oxygen atoms in total. The fraction of sp³-hybridized carbons (Fsp3) is 0.381. The fourth-order valence-corrected chi connectivity index (χ4v) is 5.61. The average molecular weight is 419 g/mol. The van der Waals surface area contributed by atoms with Crippen molar-refractivity contribution < 1.29 is 13.2 Å². The van der Waals surface area contributed by atoms with Crippen molar-refractivity contribution in [2.45, 2.75) is 43.5 Å². The van der Waals surface area contributed by atoms with Crippen LogP contribution in [0.5, 0.6) is 0 Å². The number of hydrogen-bond acceptors (Lipinski definition) is 3. The van der Waals surface area contributed by atoms with Crippen LogP contribution in [0.25, 0.3) is 0 Å². The highest BCUT2D eigenvalue weighted by molar-refractivity contribution is 7.92. The topological polar surface area (TPSA) is 75.3 Å². The summed E-state index contributed by atoms with van der Waals surface area (Å²) in [5.74, 6) is 1.18. The van der Waals surface area contributed by atoms with Crippen molar-refractivity contribution in [3.63, 3.8) is 0 Å². The molecule has 148 valence electrons. The summed E-state index contributed by atoms with van der Waals surface area (Å²) < 4.78 is 27.9. The predicted octanol–water partition coefficient (Wildman–Crippen LogP) is 4.37. The summed E-state index contributed by atoms with van der Waals surface area (Å²) in [6.07, 6.45) is 4.73. The van der Waals surface area contributed by atoms with Gasteiger partial charge in [0.15, 0.2) is 0 Å². The van der Waals surface area contributed by atoms with Gasteiger partial charge in [0.05, 0.1) is 10.6 Å². The lowest BCUT2D eigenvalue weighted by atomic mass is 9.95. The molecule has 2 aromatic rings. The Morgan fingerprint density at radius 3 is 2.46 bits per heavy atom. The molecule has 4 rings (SSSR count). The summed E-state index contributed by atoms with van der Waals surface area (Å²) in [5.41, 5.74) is 1.60. The normalized spacial score (nSPS) is 23.6. The molecule has 2 unspecified atom stereocenters. The minimum Gasteiger partial charge on any atom is -0.349 e. The van der Waals surface area contributed by atoms with Crippen molar-refractivity contribution in [1.29, 1.82) is 0 Å². The number of carbonyl (C=O) groups is 1. The highest BCUT2D eigenvalue weighted by Crippen LogP contribution is 2.44. The van der Waals surface area contributed by atoms with E-state index in [0.29, 0.717) is 22.2 Å². The van der Waals surface area contributed by atoms with E-state index >= 15 is 0 Å². The van der Waals surface area contributed by atoms with Crippen LogP contribution in [0.3, 0.4) is 0 Å². The maximum Gasteiger partial charge on any atom is 0.261 e. The Kier molecular flexibility index (Phi) is 5.10. The highest BCUT2D eigenvalue weighted by Gasteiger charge is 2.40. The van der Waals surface area contributed by atoms with E-state index in [1.807, 2.05) is 0 Å². The third-order valence-electron chi connectivity index (χ3n) is 5.92. The fourth-order valence-electron chi connectivity index (χ4n) is 4.36. The van der Waals surface area contributed by atoms with Gasteiger partial charge in [-0.3, -0.25) is 9.52 Å². The first-order chi connectivity index (χ1) is 13.3. The van der Waals surface area contributed by atoms with Crippen molar-refractivity contribution in [1.82, 2.24) is 5.32 Å². The molecule has 0 radical (unpaired) electrons. The van der Waals surface area contributed by atoms with E-state index in [9.17, 15) is 13.2 Å². The van der Waals surface area contributed by atoms with Crippen LogP contribution in [0.15, 0.2) is 47.4 Å². The lowest BCUT2D eigenvalue weighted by molar-refractivity contribution is 0.0923. The van der Waals surface area contributed by atoms with Gasteiger partial charge in [-0.05, 0) is 80.0 Å². The molecule has 2 aliphatic carbocycles. The van der Waals surface area contributed by atoms with Gasteiger partial charge in [0.1, 0.15) is 0 Å². The first-order valence-corrected chi connectivity index (χ1v) is 11.4. The maximum absolute atomic E-state index is 12.7. The van der Waals surface area contributed by atoms with E-state index in [4.69, 9.17) is 11.6 Å². The quantitative estimate of drug-likeness (QED) is 0.757. The summed E-state index contributed by atoms with van der Waals surface area (Å²) in [5, 5.41) is 3.61. The Morgan fingerprint density at radius 2 is 1.82 bits per heavy atom. The Labute approximate surface area is 170 Å². The number of fused-ring (bicyclic) bond motifs is 2.